The number of benzene rings is 1. The first-order valence-corrected chi connectivity index (χ1v) is 9.50. The quantitative estimate of drug-likeness (QED) is 0.749. The average Bonchev–Trinajstić information content (AvgIpc) is 3.11. The number of hydrogen-bond acceptors (Lipinski definition) is 4. The molecule has 1 aromatic carbocycles. The highest BCUT2D eigenvalue weighted by Gasteiger charge is 2.25. The molecule has 1 amide bonds. The molecule has 4 rings (SSSR count). The Hall–Kier alpha value is -1.86. The van der Waals surface area contributed by atoms with Gasteiger partial charge in [0.1, 0.15) is 10.6 Å². The molecule has 1 atom stereocenters. The topological polar surface area (TPSA) is 46.9 Å². The molecule has 0 radical (unpaired) electrons. The van der Waals surface area contributed by atoms with Gasteiger partial charge < -0.3 is 5.32 Å². The van der Waals surface area contributed by atoms with E-state index in [0.717, 1.165) is 33.6 Å². The lowest BCUT2D eigenvalue weighted by molar-refractivity contribution is 0.0939. The fourth-order valence-corrected chi connectivity index (χ4v) is 5.25. The van der Waals surface area contributed by atoms with E-state index in [9.17, 15) is 9.18 Å². The van der Waals surface area contributed by atoms with Crippen molar-refractivity contribution in [3.8, 4) is 0 Å². The molecule has 0 fully saturated rings. The maximum atomic E-state index is 14.0. The Kier molecular flexibility index (Phi) is 3.85. The fraction of sp³-hybridized carbons (Fsp3) is 0.294. The number of amides is 1. The highest BCUT2D eigenvalue weighted by Crippen LogP contribution is 2.38. The third-order valence-electron chi connectivity index (χ3n) is 4.25. The van der Waals surface area contributed by atoms with Gasteiger partial charge in [0.2, 0.25) is 0 Å². The van der Waals surface area contributed by atoms with Crippen LogP contribution in [0.25, 0.3) is 10.2 Å². The van der Waals surface area contributed by atoms with E-state index >= 15 is 0 Å². The second-order valence-corrected chi connectivity index (χ2v) is 8.00. The Morgan fingerprint density at radius 1 is 1.46 bits per heavy atom. The van der Waals surface area contributed by atoms with Crippen molar-refractivity contribution in [1.82, 2.24) is 15.1 Å². The number of aromatic nitrogens is 2. The highest BCUT2D eigenvalue weighted by molar-refractivity contribution is 7.99. The molecule has 0 bridgehead atoms. The van der Waals surface area contributed by atoms with Crippen LogP contribution in [-0.2, 0) is 7.05 Å². The first kappa shape index (κ1) is 15.7. The Balaban J connectivity index is 1.62. The number of aryl methyl sites for hydroxylation is 2. The monoisotopic (exact) mass is 361 g/mol. The van der Waals surface area contributed by atoms with Crippen molar-refractivity contribution in [3.05, 3.63) is 46.2 Å². The number of nitrogens with zero attached hydrogens (tertiary/aromatic N) is 2. The van der Waals surface area contributed by atoms with Gasteiger partial charge >= 0.3 is 0 Å². The van der Waals surface area contributed by atoms with Gasteiger partial charge in [0, 0.05) is 23.1 Å². The van der Waals surface area contributed by atoms with Crippen LogP contribution in [0.1, 0.15) is 33.4 Å². The van der Waals surface area contributed by atoms with Crippen LogP contribution in [0.5, 0.6) is 0 Å². The molecule has 24 heavy (non-hydrogen) atoms. The van der Waals surface area contributed by atoms with Crippen molar-refractivity contribution in [2.45, 2.75) is 24.3 Å². The van der Waals surface area contributed by atoms with Gasteiger partial charge in [-0.15, -0.1) is 23.1 Å². The van der Waals surface area contributed by atoms with Gasteiger partial charge in [-0.3, -0.25) is 9.48 Å². The van der Waals surface area contributed by atoms with Crippen molar-refractivity contribution in [1.29, 1.82) is 0 Å². The number of rotatable bonds is 2. The third-order valence-corrected chi connectivity index (χ3v) is 6.61. The van der Waals surface area contributed by atoms with Crippen molar-refractivity contribution in [3.63, 3.8) is 0 Å². The van der Waals surface area contributed by atoms with Crippen molar-refractivity contribution >= 4 is 39.2 Å². The minimum atomic E-state index is -0.208. The maximum Gasteiger partial charge on any atom is 0.261 e. The fourth-order valence-electron chi connectivity index (χ4n) is 3.08. The van der Waals surface area contributed by atoms with Gasteiger partial charge in [0.15, 0.2) is 0 Å². The van der Waals surface area contributed by atoms with Gasteiger partial charge in [0.25, 0.3) is 5.91 Å². The zero-order chi connectivity index (χ0) is 16.8. The van der Waals surface area contributed by atoms with E-state index < -0.39 is 0 Å². The van der Waals surface area contributed by atoms with Crippen LogP contribution in [0, 0.1) is 12.7 Å². The number of carbonyl (C=O) groups excluding carboxylic acids is 1. The normalized spacial score (nSPS) is 17.0. The Morgan fingerprint density at radius 2 is 2.29 bits per heavy atom. The third kappa shape index (κ3) is 2.52. The first-order valence-electron chi connectivity index (χ1n) is 7.70. The van der Waals surface area contributed by atoms with Crippen LogP contribution in [0.15, 0.2) is 29.2 Å². The summed E-state index contributed by atoms with van der Waals surface area (Å²) in [7, 11) is 1.88. The number of halogens is 1. The summed E-state index contributed by atoms with van der Waals surface area (Å²) >= 11 is 2.95. The number of thioether (sulfide) groups is 1. The molecule has 0 saturated carbocycles. The highest BCUT2D eigenvalue weighted by atomic mass is 32.2. The van der Waals surface area contributed by atoms with Crippen LogP contribution in [0.4, 0.5) is 4.39 Å². The molecule has 124 valence electrons. The standard InChI is InChI=1S/C17H16FN3OS2/c1-9-11-8-14(24-17(11)21(2)20-9)16(22)19-13-6-7-23-15-10(13)4-3-5-12(15)18/h3-5,8,13H,6-7H2,1-2H3,(H,19,22). The summed E-state index contributed by atoms with van der Waals surface area (Å²) in [5.41, 5.74) is 1.79. The van der Waals surface area contributed by atoms with E-state index in [1.54, 1.807) is 10.7 Å². The smallest absolute Gasteiger partial charge is 0.261 e. The molecule has 3 heterocycles. The largest absolute Gasteiger partial charge is 0.344 e. The molecule has 7 heteroatoms. The minimum absolute atomic E-state index is 0.109. The van der Waals surface area contributed by atoms with Gasteiger partial charge in [-0.05, 0) is 31.0 Å². The lowest BCUT2D eigenvalue weighted by Gasteiger charge is -2.26. The number of fused-ring (bicyclic) bond motifs is 2. The summed E-state index contributed by atoms with van der Waals surface area (Å²) in [6.07, 6.45) is 0.804. The van der Waals surface area contributed by atoms with E-state index in [1.807, 2.05) is 26.1 Å². The first-order chi connectivity index (χ1) is 11.5. The summed E-state index contributed by atoms with van der Waals surface area (Å²) in [5, 5.41) is 8.44. The molecule has 0 saturated heterocycles. The molecule has 0 aliphatic carbocycles. The Labute approximate surface area is 147 Å². The molecular weight excluding hydrogens is 345 g/mol. The lowest BCUT2D eigenvalue weighted by Crippen LogP contribution is -2.30. The van der Waals surface area contributed by atoms with Crippen molar-refractivity contribution < 1.29 is 9.18 Å². The molecule has 2 aromatic heterocycles. The van der Waals surface area contributed by atoms with Gasteiger partial charge in [-0.2, -0.15) is 5.10 Å². The van der Waals surface area contributed by atoms with E-state index in [1.165, 1.54) is 29.2 Å². The SMILES string of the molecule is Cc1nn(C)c2sc(C(=O)NC3CCSc4c(F)cccc43)cc12. The van der Waals surface area contributed by atoms with Crippen molar-refractivity contribution in [2.24, 2.45) is 7.05 Å². The number of hydrogen-bond donors (Lipinski definition) is 1. The summed E-state index contributed by atoms with van der Waals surface area (Å²) in [5.74, 6) is 0.483. The summed E-state index contributed by atoms with van der Waals surface area (Å²) < 4.78 is 15.8. The molecule has 3 aromatic rings. The second-order valence-electron chi connectivity index (χ2n) is 5.86. The number of nitrogens with one attached hydrogen (secondary N) is 1. The number of carbonyl (C=O) groups is 1. The Morgan fingerprint density at radius 3 is 3.08 bits per heavy atom. The molecule has 1 aliphatic heterocycles. The summed E-state index contributed by atoms with van der Waals surface area (Å²) in [4.78, 5) is 15.0. The van der Waals surface area contributed by atoms with E-state index in [-0.39, 0.29) is 17.8 Å². The molecule has 1 N–H and O–H groups in total. The van der Waals surface area contributed by atoms with E-state index in [2.05, 4.69) is 10.4 Å². The average molecular weight is 361 g/mol. The molecule has 4 nitrogen and oxygen atoms in total. The molecule has 0 spiro atoms. The van der Waals surface area contributed by atoms with Crippen molar-refractivity contribution in [2.75, 3.05) is 5.75 Å². The summed E-state index contributed by atoms with van der Waals surface area (Å²) in [6, 6.07) is 6.82. The number of thiophene rings is 1. The predicted octanol–water partition coefficient (Wildman–Crippen LogP) is 4.05. The van der Waals surface area contributed by atoms with Gasteiger partial charge in [-0.1, -0.05) is 12.1 Å². The van der Waals surface area contributed by atoms with Crippen LogP contribution < -0.4 is 5.32 Å². The van der Waals surface area contributed by atoms with E-state index in [4.69, 9.17) is 0 Å². The second kappa shape index (κ2) is 5.89. The van der Waals surface area contributed by atoms with Gasteiger partial charge in [0.05, 0.1) is 16.6 Å². The minimum Gasteiger partial charge on any atom is -0.344 e. The molecule has 1 unspecified atom stereocenters. The predicted molar refractivity (Wildman–Crippen MR) is 95.3 cm³/mol. The zero-order valence-electron chi connectivity index (χ0n) is 13.3. The lowest BCUT2D eigenvalue weighted by atomic mass is 10.0. The van der Waals surface area contributed by atoms with Crippen LogP contribution in [0.3, 0.4) is 0 Å². The van der Waals surface area contributed by atoms with Crippen LogP contribution in [0.2, 0.25) is 0 Å². The summed E-state index contributed by atoms with van der Waals surface area (Å²) in [6.45, 7) is 1.94. The zero-order valence-corrected chi connectivity index (χ0v) is 14.9. The maximum absolute atomic E-state index is 14.0. The van der Waals surface area contributed by atoms with Gasteiger partial charge in [-0.25, -0.2) is 4.39 Å². The molecule has 1 aliphatic rings. The van der Waals surface area contributed by atoms with Crippen LogP contribution in [-0.4, -0.2) is 21.4 Å². The Bertz CT molecular complexity index is 912. The van der Waals surface area contributed by atoms with E-state index in [0.29, 0.717) is 9.77 Å². The molecular formula is C17H16FN3OS2. The van der Waals surface area contributed by atoms with Crippen LogP contribution >= 0.6 is 23.1 Å².